The molecule has 24 heavy (non-hydrogen) atoms. The van der Waals surface area contributed by atoms with Crippen molar-refractivity contribution in [3.63, 3.8) is 0 Å². The van der Waals surface area contributed by atoms with Crippen molar-refractivity contribution in [2.75, 3.05) is 38.0 Å². The van der Waals surface area contributed by atoms with Crippen molar-refractivity contribution < 1.29 is 9.90 Å². The van der Waals surface area contributed by atoms with E-state index in [9.17, 15) is 4.79 Å². The number of hydrogen-bond donors (Lipinski definition) is 3. The molecule has 1 aromatic heterocycles. The number of nitrogens with zero attached hydrogens (tertiary/aromatic N) is 2. The number of fused-ring (bicyclic) bond motifs is 1. The predicted octanol–water partition coefficient (Wildman–Crippen LogP) is 1.51. The molecule has 132 valence electrons. The van der Waals surface area contributed by atoms with E-state index in [1.54, 1.807) is 0 Å². The number of pyridine rings is 1. The van der Waals surface area contributed by atoms with Crippen molar-refractivity contribution in [2.45, 2.75) is 44.6 Å². The van der Waals surface area contributed by atoms with E-state index in [-0.39, 0.29) is 6.54 Å². The summed E-state index contributed by atoms with van der Waals surface area (Å²) in [5.74, 6) is 0.353. The summed E-state index contributed by atoms with van der Waals surface area (Å²) in [6.07, 6.45) is 6.49. The first-order chi connectivity index (χ1) is 11.7. The Balaban J connectivity index is 1.34. The molecule has 0 saturated carbocycles. The Morgan fingerprint density at radius 1 is 1.38 bits per heavy atom. The summed E-state index contributed by atoms with van der Waals surface area (Å²) >= 11 is 0. The zero-order chi connectivity index (χ0) is 16.8. The van der Waals surface area contributed by atoms with Crippen LogP contribution in [0.4, 0.5) is 5.82 Å². The molecule has 3 heterocycles. The number of piperidine rings is 1. The van der Waals surface area contributed by atoms with Crippen LogP contribution in [-0.4, -0.2) is 59.7 Å². The van der Waals surface area contributed by atoms with Gasteiger partial charge in [0.2, 0.25) is 0 Å². The molecule has 0 amide bonds. The number of aliphatic carboxylic acids is 1. The van der Waals surface area contributed by atoms with Gasteiger partial charge in [0.05, 0.1) is 6.54 Å². The lowest BCUT2D eigenvalue weighted by Gasteiger charge is -2.31. The third-order valence-corrected chi connectivity index (χ3v) is 4.94. The van der Waals surface area contributed by atoms with Gasteiger partial charge < -0.3 is 15.7 Å². The average molecular weight is 332 g/mol. The van der Waals surface area contributed by atoms with Crippen LogP contribution in [0.3, 0.4) is 0 Å². The fraction of sp³-hybridized carbons (Fsp3) is 0.667. The fourth-order valence-corrected chi connectivity index (χ4v) is 3.57. The molecule has 1 saturated heterocycles. The number of aromatic nitrogens is 1. The molecule has 0 aliphatic carbocycles. The molecule has 1 fully saturated rings. The summed E-state index contributed by atoms with van der Waals surface area (Å²) in [4.78, 5) is 17.5. The topological polar surface area (TPSA) is 77.5 Å². The number of anilines is 1. The summed E-state index contributed by atoms with van der Waals surface area (Å²) in [6.45, 7) is 3.95. The minimum atomic E-state index is -0.728. The molecule has 0 unspecified atom stereocenters. The molecule has 0 atom stereocenters. The summed E-state index contributed by atoms with van der Waals surface area (Å²) < 4.78 is 0. The van der Waals surface area contributed by atoms with Gasteiger partial charge in [-0.3, -0.25) is 9.69 Å². The lowest BCUT2D eigenvalue weighted by Crippen LogP contribution is -2.44. The van der Waals surface area contributed by atoms with E-state index in [0.29, 0.717) is 6.04 Å². The molecule has 6 nitrogen and oxygen atoms in total. The standard InChI is InChI=1S/C18H28N4O2/c23-17(24)13-22-11-7-15(8-12-22)19-9-2-4-16-6-5-14-3-1-10-20-18(14)21-16/h5-6,15,19H,1-4,7-13H2,(H,20,21)(H,23,24). The summed E-state index contributed by atoms with van der Waals surface area (Å²) in [5, 5.41) is 15.8. The van der Waals surface area contributed by atoms with Crippen LogP contribution in [0.15, 0.2) is 12.1 Å². The van der Waals surface area contributed by atoms with Crippen LogP contribution in [-0.2, 0) is 17.6 Å². The van der Waals surface area contributed by atoms with Crippen molar-refractivity contribution in [1.29, 1.82) is 0 Å². The molecule has 6 heteroatoms. The maximum Gasteiger partial charge on any atom is 0.317 e. The lowest BCUT2D eigenvalue weighted by molar-refractivity contribution is -0.138. The Kier molecular flexibility index (Phi) is 6.04. The number of likely N-dealkylation sites (tertiary alicyclic amines) is 1. The molecule has 0 spiro atoms. The van der Waals surface area contributed by atoms with Crippen molar-refractivity contribution in [1.82, 2.24) is 15.2 Å². The lowest BCUT2D eigenvalue weighted by atomic mass is 10.0. The van der Waals surface area contributed by atoms with Crippen molar-refractivity contribution >= 4 is 11.8 Å². The van der Waals surface area contributed by atoms with Gasteiger partial charge in [0, 0.05) is 31.4 Å². The van der Waals surface area contributed by atoms with Gasteiger partial charge in [-0.2, -0.15) is 0 Å². The highest BCUT2D eigenvalue weighted by Gasteiger charge is 2.19. The first-order valence-electron chi connectivity index (χ1n) is 9.11. The second-order valence-electron chi connectivity index (χ2n) is 6.84. The number of carbonyl (C=O) groups is 1. The van der Waals surface area contributed by atoms with E-state index in [2.05, 4.69) is 22.8 Å². The molecule has 3 rings (SSSR count). The zero-order valence-corrected chi connectivity index (χ0v) is 14.3. The molecule has 2 aliphatic heterocycles. The van der Waals surface area contributed by atoms with E-state index in [1.165, 1.54) is 17.7 Å². The molecule has 2 aliphatic rings. The highest BCUT2D eigenvalue weighted by molar-refractivity contribution is 5.69. The molecule has 0 radical (unpaired) electrons. The van der Waals surface area contributed by atoms with Crippen molar-refractivity contribution in [2.24, 2.45) is 0 Å². The highest BCUT2D eigenvalue weighted by Crippen LogP contribution is 2.20. The summed E-state index contributed by atoms with van der Waals surface area (Å²) in [7, 11) is 0. The van der Waals surface area contributed by atoms with Crippen LogP contribution in [0.2, 0.25) is 0 Å². The number of carboxylic acids is 1. The largest absolute Gasteiger partial charge is 0.480 e. The predicted molar refractivity (Wildman–Crippen MR) is 94.5 cm³/mol. The normalized spacial score (nSPS) is 18.8. The monoisotopic (exact) mass is 332 g/mol. The van der Waals surface area contributed by atoms with E-state index < -0.39 is 5.97 Å². The van der Waals surface area contributed by atoms with E-state index >= 15 is 0 Å². The smallest absolute Gasteiger partial charge is 0.317 e. The second-order valence-corrected chi connectivity index (χ2v) is 6.84. The molecule has 0 aromatic carbocycles. The Labute approximate surface area is 143 Å². The maximum atomic E-state index is 10.7. The second kappa shape index (κ2) is 8.44. The quantitative estimate of drug-likeness (QED) is 0.657. The molecule has 1 aromatic rings. The van der Waals surface area contributed by atoms with Crippen LogP contribution < -0.4 is 10.6 Å². The first-order valence-corrected chi connectivity index (χ1v) is 9.11. The number of carboxylic acid groups (broad SMARTS) is 1. The van der Waals surface area contributed by atoms with Gasteiger partial charge in [-0.1, -0.05) is 6.07 Å². The Morgan fingerprint density at radius 3 is 3.00 bits per heavy atom. The average Bonchev–Trinajstić information content (AvgIpc) is 2.59. The summed E-state index contributed by atoms with van der Waals surface area (Å²) in [5.41, 5.74) is 2.51. The minimum absolute atomic E-state index is 0.171. The highest BCUT2D eigenvalue weighted by atomic mass is 16.4. The first kappa shape index (κ1) is 17.2. The van der Waals surface area contributed by atoms with Gasteiger partial charge in [-0.15, -0.1) is 0 Å². The molecular weight excluding hydrogens is 304 g/mol. The maximum absolute atomic E-state index is 10.7. The number of rotatable bonds is 7. The van der Waals surface area contributed by atoms with Gasteiger partial charge in [-0.05, 0) is 56.7 Å². The van der Waals surface area contributed by atoms with E-state index in [4.69, 9.17) is 10.1 Å². The minimum Gasteiger partial charge on any atom is -0.480 e. The Bertz CT molecular complexity index is 556. The third-order valence-electron chi connectivity index (χ3n) is 4.94. The van der Waals surface area contributed by atoms with Crippen LogP contribution >= 0.6 is 0 Å². The van der Waals surface area contributed by atoms with Gasteiger partial charge >= 0.3 is 5.97 Å². The zero-order valence-electron chi connectivity index (χ0n) is 14.3. The van der Waals surface area contributed by atoms with Gasteiger partial charge in [0.1, 0.15) is 5.82 Å². The molecule has 0 bridgehead atoms. The summed E-state index contributed by atoms with van der Waals surface area (Å²) in [6, 6.07) is 4.90. The van der Waals surface area contributed by atoms with Crippen molar-refractivity contribution in [3.05, 3.63) is 23.4 Å². The Hall–Kier alpha value is -1.66. The van der Waals surface area contributed by atoms with E-state index in [0.717, 1.165) is 64.1 Å². The number of aryl methyl sites for hydroxylation is 2. The number of nitrogens with one attached hydrogen (secondary N) is 2. The molecular formula is C18H28N4O2. The Morgan fingerprint density at radius 2 is 2.21 bits per heavy atom. The van der Waals surface area contributed by atoms with Gasteiger partial charge in [-0.25, -0.2) is 4.98 Å². The fourth-order valence-electron chi connectivity index (χ4n) is 3.57. The SMILES string of the molecule is O=C(O)CN1CCC(NCCCc2ccc3c(n2)NCCC3)CC1. The van der Waals surface area contributed by atoms with E-state index in [1.807, 2.05) is 4.90 Å². The van der Waals surface area contributed by atoms with Crippen LogP contribution in [0.1, 0.15) is 36.9 Å². The van der Waals surface area contributed by atoms with Crippen LogP contribution in [0, 0.1) is 0 Å². The van der Waals surface area contributed by atoms with Gasteiger partial charge in [0.25, 0.3) is 0 Å². The molecule has 3 N–H and O–H groups in total. The number of hydrogen-bond acceptors (Lipinski definition) is 5. The van der Waals surface area contributed by atoms with Crippen LogP contribution in [0.5, 0.6) is 0 Å². The van der Waals surface area contributed by atoms with Crippen molar-refractivity contribution in [3.8, 4) is 0 Å². The van der Waals surface area contributed by atoms with Crippen LogP contribution in [0.25, 0.3) is 0 Å². The van der Waals surface area contributed by atoms with Gasteiger partial charge in [0.15, 0.2) is 0 Å². The third kappa shape index (κ3) is 4.92.